The molecule has 0 bridgehead atoms. The molecule has 0 saturated heterocycles. The second-order valence-electron chi connectivity index (χ2n) is 8.00. The maximum atomic E-state index is 15.4. The lowest BCUT2D eigenvalue weighted by Gasteiger charge is -2.28. The Hall–Kier alpha value is -3.73. The van der Waals surface area contributed by atoms with E-state index in [2.05, 4.69) is 0 Å². The second kappa shape index (κ2) is 10.9. The largest absolute Gasteiger partial charge is 0.496 e. The molecule has 0 aliphatic heterocycles. The molecule has 4 rings (SSSR count). The van der Waals surface area contributed by atoms with E-state index in [1.54, 1.807) is 30.3 Å². The van der Waals surface area contributed by atoms with Gasteiger partial charge in [-0.05, 0) is 18.2 Å². The van der Waals surface area contributed by atoms with E-state index < -0.39 is 13.2 Å². The van der Waals surface area contributed by atoms with Crippen LogP contribution in [0, 0.1) is 0 Å². The number of ether oxygens (including phenoxy) is 4. The van der Waals surface area contributed by atoms with Crippen molar-refractivity contribution in [3.63, 3.8) is 0 Å². The van der Waals surface area contributed by atoms with Gasteiger partial charge in [-0.1, -0.05) is 72.8 Å². The highest BCUT2D eigenvalue weighted by Crippen LogP contribution is 2.50. The Morgan fingerprint density at radius 1 is 0.611 bits per heavy atom. The molecule has 1 atom stereocenters. The van der Waals surface area contributed by atoms with Crippen molar-refractivity contribution in [2.45, 2.75) is 6.10 Å². The molecule has 6 nitrogen and oxygen atoms in total. The Balaban J connectivity index is 2.12. The molecule has 4 aromatic rings. The molecule has 0 aromatic heterocycles. The molecular weight excluding hydrogens is 475 g/mol. The lowest BCUT2D eigenvalue weighted by Crippen LogP contribution is -2.30. The van der Waals surface area contributed by atoms with Gasteiger partial charge in [-0.15, -0.1) is 0 Å². The molecule has 36 heavy (non-hydrogen) atoms. The first-order valence-electron chi connectivity index (χ1n) is 11.4. The number of hydrogen-bond acceptors (Lipinski definition) is 6. The van der Waals surface area contributed by atoms with Gasteiger partial charge in [0.05, 0.1) is 33.7 Å². The van der Waals surface area contributed by atoms with Crippen LogP contribution in [0.1, 0.15) is 17.2 Å². The molecule has 0 amide bonds. The normalized spacial score (nSPS) is 12.0. The molecule has 0 spiro atoms. The predicted molar refractivity (Wildman–Crippen MR) is 143 cm³/mol. The fraction of sp³-hybridized carbons (Fsp3) is 0.172. The third-order valence-corrected chi connectivity index (χ3v) is 9.28. The van der Waals surface area contributed by atoms with E-state index >= 15 is 4.57 Å². The Labute approximate surface area is 211 Å². The van der Waals surface area contributed by atoms with E-state index in [-0.39, 0.29) is 0 Å². The fourth-order valence-corrected chi connectivity index (χ4v) is 7.51. The average molecular weight is 505 g/mol. The second-order valence-corrected chi connectivity index (χ2v) is 10.7. The molecular formula is C29H29O6P. The Morgan fingerprint density at radius 3 is 1.64 bits per heavy atom. The number of aliphatic hydroxyl groups excluding tert-OH is 1. The first-order valence-corrected chi connectivity index (χ1v) is 13.1. The van der Waals surface area contributed by atoms with Crippen molar-refractivity contribution in [2.24, 2.45) is 0 Å². The summed E-state index contributed by atoms with van der Waals surface area (Å²) in [6.07, 6.45) is -1.27. The van der Waals surface area contributed by atoms with E-state index in [0.29, 0.717) is 50.0 Å². The van der Waals surface area contributed by atoms with Gasteiger partial charge in [0.15, 0.2) is 18.6 Å². The van der Waals surface area contributed by atoms with Crippen LogP contribution in [0.2, 0.25) is 0 Å². The van der Waals surface area contributed by atoms with Crippen LogP contribution < -0.4 is 34.9 Å². The summed E-state index contributed by atoms with van der Waals surface area (Å²) in [5.41, 5.74) is 0.775. The van der Waals surface area contributed by atoms with E-state index in [4.69, 9.17) is 18.9 Å². The molecule has 0 saturated carbocycles. The minimum Gasteiger partial charge on any atom is -0.496 e. The molecule has 1 unspecified atom stereocenters. The fourth-order valence-electron chi connectivity index (χ4n) is 4.47. The van der Waals surface area contributed by atoms with Crippen LogP contribution >= 0.6 is 7.14 Å². The topological polar surface area (TPSA) is 74.2 Å². The zero-order chi connectivity index (χ0) is 25.7. The standard InChI is InChI=1S/C29H29O6P/c1-32-23-18-19-25(34-3)29(26(23)27(30)22-16-11-17-24(33-2)28(22)35-4)36(31,20-12-7-5-8-13-20)21-14-9-6-10-15-21/h5-19,27,30H,1-4H3. The third-order valence-electron chi connectivity index (χ3n) is 6.14. The monoisotopic (exact) mass is 504 g/mol. The van der Waals surface area contributed by atoms with E-state index in [0.717, 1.165) is 0 Å². The zero-order valence-electron chi connectivity index (χ0n) is 20.7. The quantitative estimate of drug-likeness (QED) is 0.340. The van der Waals surface area contributed by atoms with Crippen molar-refractivity contribution in [3.8, 4) is 23.0 Å². The summed E-state index contributed by atoms with van der Waals surface area (Å²) in [6.45, 7) is 0. The number of para-hydroxylation sites is 1. The Kier molecular flexibility index (Phi) is 7.68. The van der Waals surface area contributed by atoms with Crippen molar-refractivity contribution in [1.82, 2.24) is 0 Å². The molecule has 7 heteroatoms. The van der Waals surface area contributed by atoms with Crippen molar-refractivity contribution in [3.05, 3.63) is 102 Å². The van der Waals surface area contributed by atoms with Crippen molar-refractivity contribution >= 4 is 23.1 Å². The van der Waals surface area contributed by atoms with Crippen molar-refractivity contribution < 1.29 is 28.6 Å². The van der Waals surface area contributed by atoms with Gasteiger partial charge in [-0.25, -0.2) is 0 Å². The summed E-state index contributed by atoms with van der Waals surface area (Å²) in [5, 5.41) is 13.5. The highest BCUT2D eigenvalue weighted by molar-refractivity contribution is 7.85. The molecule has 186 valence electrons. The highest BCUT2D eigenvalue weighted by atomic mass is 31.2. The van der Waals surface area contributed by atoms with Gasteiger partial charge in [0.1, 0.15) is 17.6 Å². The summed E-state index contributed by atoms with van der Waals surface area (Å²) in [5.74, 6) is 1.59. The number of rotatable bonds is 9. The minimum absolute atomic E-state index is 0.333. The van der Waals surface area contributed by atoms with Crippen LogP contribution in [0.4, 0.5) is 0 Å². The van der Waals surface area contributed by atoms with Crippen LogP contribution in [-0.4, -0.2) is 33.5 Å². The van der Waals surface area contributed by atoms with E-state index in [9.17, 15) is 5.11 Å². The zero-order valence-corrected chi connectivity index (χ0v) is 21.6. The lowest BCUT2D eigenvalue weighted by molar-refractivity contribution is 0.208. The average Bonchev–Trinajstić information content (AvgIpc) is 2.95. The molecule has 1 N–H and O–H groups in total. The van der Waals surface area contributed by atoms with Crippen LogP contribution in [0.15, 0.2) is 91.0 Å². The van der Waals surface area contributed by atoms with Gasteiger partial charge in [0.25, 0.3) is 0 Å². The third kappa shape index (κ3) is 4.34. The molecule has 0 aliphatic rings. The predicted octanol–water partition coefficient (Wildman–Crippen LogP) is 4.44. The Morgan fingerprint density at radius 2 is 1.14 bits per heavy atom. The molecule has 0 radical (unpaired) electrons. The number of hydrogen-bond donors (Lipinski definition) is 1. The van der Waals surface area contributed by atoms with Crippen LogP contribution in [0.3, 0.4) is 0 Å². The summed E-state index contributed by atoms with van der Waals surface area (Å²) >= 11 is 0. The van der Waals surface area contributed by atoms with Crippen LogP contribution in [0.25, 0.3) is 0 Å². The molecule has 4 aromatic carbocycles. The first kappa shape index (κ1) is 25.4. The summed E-state index contributed by atoms with van der Waals surface area (Å²) in [6, 6.07) is 27.1. The van der Waals surface area contributed by atoms with Gasteiger partial charge in [-0.3, -0.25) is 0 Å². The smallest absolute Gasteiger partial charge is 0.175 e. The maximum absolute atomic E-state index is 15.4. The summed E-state index contributed by atoms with van der Waals surface area (Å²) in [7, 11) is 2.52. The number of benzene rings is 4. The van der Waals surface area contributed by atoms with Crippen LogP contribution in [-0.2, 0) is 4.57 Å². The lowest BCUT2D eigenvalue weighted by atomic mass is 9.98. The number of methoxy groups -OCH3 is 4. The van der Waals surface area contributed by atoms with Crippen LogP contribution in [0.5, 0.6) is 23.0 Å². The first-order chi connectivity index (χ1) is 17.5. The van der Waals surface area contributed by atoms with E-state index in [1.807, 2.05) is 60.7 Å². The van der Waals surface area contributed by atoms with Gasteiger partial charge in [-0.2, -0.15) is 0 Å². The molecule has 0 fully saturated rings. The summed E-state index contributed by atoms with van der Waals surface area (Å²) in [4.78, 5) is 0. The SMILES string of the molecule is COc1cccc(C(O)c2c(OC)ccc(OC)c2P(=O)(c2ccccc2)c2ccccc2)c1OC. The minimum atomic E-state index is -3.56. The Bertz CT molecular complexity index is 1330. The van der Waals surface area contributed by atoms with Crippen molar-refractivity contribution in [1.29, 1.82) is 0 Å². The van der Waals surface area contributed by atoms with Gasteiger partial charge in [0.2, 0.25) is 0 Å². The molecule has 0 heterocycles. The van der Waals surface area contributed by atoms with Gasteiger partial charge >= 0.3 is 0 Å². The number of aliphatic hydroxyl groups is 1. The highest BCUT2D eigenvalue weighted by Gasteiger charge is 2.39. The van der Waals surface area contributed by atoms with Crippen molar-refractivity contribution in [2.75, 3.05) is 28.4 Å². The maximum Gasteiger partial charge on any atom is 0.175 e. The molecule has 0 aliphatic carbocycles. The van der Waals surface area contributed by atoms with Gasteiger partial charge in [0, 0.05) is 21.7 Å². The van der Waals surface area contributed by atoms with Gasteiger partial charge < -0.3 is 28.6 Å². The summed E-state index contributed by atoms with van der Waals surface area (Å²) < 4.78 is 37.9. The van der Waals surface area contributed by atoms with E-state index in [1.165, 1.54) is 28.4 Å².